The largest absolute Gasteiger partial charge is 0.355 e. The minimum absolute atomic E-state index is 0.549. The van der Waals surface area contributed by atoms with Crippen LogP contribution in [0.1, 0.15) is 6.42 Å². The lowest BCUT2D eigenvalue weighted by Crippen LogP contribution is -2.22. The van der Waals surface area contributed by atoms with Gasteiger partial charge in [-0.1, -0.05) is 24.3 Å². The molecule has 2 aliphatic heterocycles. The second kappa shape index (κ2) is 7.75. The first-order valence-corrected chi connectivity index (χ1v) is 9.20. The van der Waals surface area contributed by atoms with Crippen molar-refractivity contribution in [3.8, 4) is 0 Å². The summed E-state index contributed by atoms with van der Waals surface area (Å²) in [5, 5.41) is 1.10. The van der Waals surface area contributed by atoms with E-state index in [1.54, 1.807) is 0 Å². The van der Waals surface area contributed by atoms with E-state index >= 15 is 0 Å². The molecule has 104 valence electrons. The van der Waals surface area contributed by atoms with Gasteiger partial charge in [-0.25, -0.2) is 0 Å². The summed E-state index contributed by atoms with van der Waals surface area (Å²) in [6.45, 7) is 2.16. The van der Waals surface area contributed by atoms with Crippen LogP contribution in [0.15, 0.2) is 49.1 Å². The molecule has 0 aliphatic carbocycles. The summed E-state index contributed by atoms with van der Waals surface area (Å²) in [4.78, 5) is 4.55. The predicted molar refractivity (Wildman–Crippen MR) is 89.2 cm³/mol. The second-order valence-corrected chi connectivity index (χ2v) is 6.63. The first-order valence-electron chi connectivity index (χ1n) is 6.62. The Kier molecular flexibility index (Phi) is 5.98. The molecule has 0 amide bonds. The van der Waals surface area contributed by atoms with Crippen molar-refractivity contribution in [2.75, 3.05) is 25.6 Å². The van der Waals surface area contributed by atoms with Crippen LogP contribution in [-0.4, -0.2) is 45.9 Å². The molecule has 0 unspecified atom stereocenters. The summed E-state index contributed by atoms with van der Waals surface area (Å²) >= 11 is 3.74. The molecule has 0 fully saturated rings. The lowest BCUT2D eigenvalue weighted by Gasteiger charge is -2.24. The zero-order valence-corrected chi connectivity index (χ0v) is 13.2. The molecule has 0 N–H and O–H groups in total. The molecule has 2 heterocycles. The van der Waals surface area contributed by atoms with E-state index in [0.717, 1.165) is 19.5 Å². The van der Waals surface area contributed by atoms with Crippen LogP contribution in [0.4, 0.5) is 0 Å². The third-order valence-electron chi connectivity index (χ3n) is 3.25. The van der Waals surface area contributed by atoms with Gasteiger partial charge in [-0.05, 0) is 18.9 Å². The highest BCUT2D eigenvalue weighted by Gasteiger charge is 2.07. The maximum atomic E-state index is 2.27. The van der Waals surface area contributed by atoms with Crippen LogP contribution in [0.25, 0.3) is 0 Å². The average Bonchev–Trinajstić information content (AvgIpc) is 2.49. The molecule has 0 spiro atoms. The van der Waals surface area contributed by atoms with Crippen molar-refractivity contribution < 1.29 is 0 Å². The zero-order valence-electron chi connectivity index (χ0n) is 11.6. The minimum Gasteiger partial charge on any atom is -0.355 e. The lowest BCUT2D eigenvalue weighted by atomic mass is 10.2. The van der Waals surface area contributed by atoms with Crippen LogP contribution in [0.3, 0.4) is 0 Å². The van der Waals surface area contributed by atoms with Crippen LogP contribution >= 0.6 is 23.5 Å². The molecule has 2 nitrogen and oxygen atoms in total. The highest BCUT2D eigenvalue weighted by Crippen LogP contribution is 2.17. The van der Waals surface area contributed by atoms with Crippen LogP contribution in [0.2, 0.25) is 0 Å². The van der Waals surface area contributed by atoms with E-state index in [4.69, 9.17) is 0 Å². The van der Waals surface area contributed by atoms with Gasteiger partial charge in [0.1, 0.15) is 0 Å². The van der Waals surface area contributed by atoms with Gasteiger partial charge in [-0.3, -0.25) is 0 Å². The molecule has 0 saturated heterocycles. The predicted octanol–water partition coefficient (Wildman–Crippen LogP) is 3.53. The van der Waals surface area contributed by atoms with Crippen LogP contribution in [0, 0.1) is 0 Å². The van der Waals surface area contributed by atoms with Crippen LogP contribution in [0.5, 0.6) is 0 Å². The quantitative estimate of drug-likeness (QED) is 0.739. The molecule has 0 radical (unpaired) electrons. The van der Waals surface area contributed by atoms with Crippen molar-refractivity contribution >= 4 is 23.5 Å². The van der Waals surface area contributed by atoms with E-state index in [2.05, 4.69) is 71.4 Å². The molecule has 4 heteroatoms. The average molecular weight is 294 g/mol. The Morgan fingerprint density at radius 2 is 1.11 bits per heavy atom. The number of rotatable bonds is 6. The van der Waals surface area contributed by atoms with E-state index in [0.29, 0.717) is 10.5 Å². The van der Waals surface area contributed by atoms with E-state index in [9.17, 15) is 0 Å². The van der Waals surface area contributed by atoms with Gasteiger partial charge >= 0.3 is 0 Å². The summed E-state index contributed by atoms with van der Waals surface area (Å²) < 4.78 is 0. The molecule has 0 aromatic carbocycles. The van der Waals surface area contributed by atoms with Crippen molar-refractivity contribution in [3.63, 3.8) is 0 Å². The molecule has 0 saturated carbocycles. The Balaban J connectivity index is 1.66. The first-order chi connectivity index (χ1) is 9.31. The normalized spacial score (nSPS) is 19.7. The topological polar surface area (TPSA) is 6.48 Å². The van der Waals surface area contributed by atoms with Gasteiger partial charge < -0.3 is 9.80 Å². The van der Waals surface area contributed by atoms with Crippen molar-refractivity contribution in [1.29, 1.82) is 0 Å². The fraction of sp³-hybridized carbons (Fsp3) is 0.467. The second-order valence-electron chi connectivity index (χ2n) is 4.60. The fourth-order valence-corrected chi connectivity index (χ4v) is 2.97. The Morgan fingerprint density at radius 3 is 1.42 bits per heavy atom. The molecule has 0 aromatic heterocycles. The van der Waals surface area contributed by atoms with E-state index in [-0.39, 0.29) is 0 Å². The summed E-state index contributed by atoms with van der Waals surface area (Å²) in [6.07, 6.45) is 23.3. The van der Waals surface area contributed by atoms with Gasteiger partial charge in [-0.2, -0.15) is 23.5 Å². The van der Waals surface area contributed by atoms with Gasteiger partial charge in [0, 0.05) is 48.4 Å². The SMILES string of the molecule is CSC1C=CN(CCCN2C=CC(SC)C=C2)C=C1. The highest BCUT2D eigenvalue weighted by atomic mass is 32.2. The Hall–Kier alpha value is -0.740. The van der Waals surface area contributed by atoms with Crippen LogP contribution < -0.4 is 0 Å². The van der Waals surface area contributed by atoms with Gasteiger partial charge in [0.2, 0.25) is 0 Å². The van der Waals surface area contributed by atoms with Gasteiger partial charge in [0.05, 0.1) is 0 Å². The Labute approximate surface area is 125 Å². The van der Waals surface area contributed by atoms with Crippen molar-refractivity contribution in [2.24, 2.45) is 0 Å². The van der Waals surface area contributed by atoms with Gasteiger partial charge in [0.15, 0.2) is 0 Å². The smallest absolute Gasteiger partial charge is 0.0438 e. The molecule has 2 rings (SSSR count). The molecular weight excluding hydrogens is 272 g/mol. The lowest BCUT2D eigenvalue weighted by molar-refractivity contribution is 0.417. The summed E-state index contributed by atoms with van der Waals surface area (Å²) in [5.41, 5.74) is 0. The summed E-state index contributed by atoms with van der Waals surface area (Å²) in [5.74, 6) is 0. The first kappa shape index (κ1) is 14.7. The number of hydrogen-bond acceptors (Lipinski definition) is 4. The maximum absolute atomic E-state index is 2.27. The molecule has 19 heavy (non-hydrogen) atoms. The molecule has 2 aliphatic rings. The van der Waals surface area contributed by atoms with Crippen LogP contribution in [-0.2, 0) is 0 Å². The third-order valence-corrected chi connectivity index (χ3v) is 4.96. The van der Waals surface area contributed by atoms with E-state index in [1.807, 2.05) is 23.5 Å². The van der Waals surface area contributed by atoms with Gasteiger partial charge in [-0.15, -0.1) is 0 Å². The zero-order chi connectivity index (χ0) is 13.5. The molecular formula is C15H22N2S2. The maximum Gasteiger partial charge on any atom is 0.0438 e. The molecule has 0 bridgehead atoms. The molecule has 0 aromatic rings. The summed E-state index contributed by atoms with van der Waals surface area (Å²) in [6, 6.07) is 0. The number of nitrogens with zero attached hydrogens (tertiary/aromatic N) is 2. The van der Waals surface area contributed by atoms with Crippen molar-refractivity contribution in [2.45, 2.75) is 16.9 Å². The third kappa shape index (κ3) is 4.69. The standard InChI is InChI=1S/C15H22N2S2/c1-18-14-4-10-16(11-5-14)8-3-9-17-12-6-15(19-2)7-13-17/h4-7,10-15H,3,8-9H2,1-2H3. The minimum atomic E-state index is 0.549. The van der Waals surface area contributed by atoms with Gasteiger partial charge in [0.25, 0.3) is 0 Å². The number of thioether (sulfide) groups is 2. The fourth-order valence-electron chi connectivity index (χ4n) is 2.06. The number of hydrogen-bond donors (Lipinski definition) is 0. The highest BCUT2D eigenvalue weighted by molar-refractivity contribution is 7.99. The summed E-state index contributed by atoms with van der Waals surface area (Å²) in [7, 11) is 0. The van der Waals surface area contributed by atoms with Crippen molar-refractivity contribution in [1.82, 2.24) is 9.80 Å². The molecule has 0 atom stereocenters. The monoisotopic (exact) mass is 294 g/mol. The van der Waals surface area contributed by atoms with E-state index < -0.39 is 0 Å². The van der Waals surface area contributed by atoms with E-state index in [1.165, 1.54) is 0 Å². The van der Waals surface area contributed by atoms with Crippen molar-refractivity contribution in [3.05, 3.63) is 49.1 Å². The Bertz CT molecular complexity index is 324. The Morgan fingerprint density at radius 1 is 0.737 bits per heavy atom.